The molecule has 1 atom stereocenters. The molecule has 4 nitrogen and oxygen atoms in total. The molecule has 0 fully saturated rings. The molecule has 0 unspecified atom stereocenters. The molecular weight excluding hydrogens is 329 g/mol. The minimum Gasteiger partial charge on any atom is -0.338 e. The fraction of sp³-hybridized carbons (Fsp3) is 0.467. The highest BCUT2D eigenvalue weighted by Gasteiger charge is 2.32. The Labute approximate surface area is 137 Å². The highest BCUT2D eigenvalue weighted by Crippen LogP contribution is 2.32. The molecule has 1 rings (SSSR count). The number of halogens is 3. The van der Waals surface area contributed by atoms with Crippen LogP contribution in [0.5, 0.6) is 0 Å². The lowest BCUT2D eigenvalue weighted by Crippen LogP contribution is -2.36. The van der Waals surface area contributed by atoms with E-state index in [1.165, 1.54) is 29.7 Å². The molecule has 8 heteroatoms. The van der Waals surface area contributed by atoms with Crippen molar-refractivity contribution in [1.82, 2.24) is 4.90 Å². The number of thioether (sulfide) groups is 1. The molecule has 128 valence electrons. The van der Waals surface area contributed by atoms with Gasteiger partial charge in [0.15, 0.2) is 0 Å². The lowest BCUT2D eigenvalue weighted by Gasteiger charge is -2.25. The van der Waals surface area contributed by atoms with Gasteiger partial charge in [0, 0.05) is 37.0 Å². The van der Waals surface area contributed by atoms with Crippen molar-refractivity contribution in [2.45, 2.75) is 26.1 Å². The molecule has 1 N–H and O–H groups in total. The lowest BCUT2D eigenvalue weighted by atomic mass is 10.1. The minimum atomic E-state index is -4.60. The largest absolute Gasteiger partial charge is 0.416 e. The zero-order chi connectivity index (χ0) is 17.8. The van der Waals surface area contributed by atoms with Gasteiger partial charge in [-0.15, -0.1) is 0 Å². The van der Waals surface area contributed by atoms with Gasteiger partial charge in [-0.25, -0.2) is 0 Å². The third kappa shape index (κ3) is 5.46. The summed E-state index contributed by atoms with van der Waals surface area (Å²) >= 11 is 1.54. The van der Waals surface area contributed by atoms with Crippen LogP contribution in [0.2, 0.25) is 0 Å². The second kappa shape index (κ2) is 7.72. The van der Waals surface area contributed by atoms with Crippen molar-refractivity contribution in [2.24, 2.45) is 0 Å². The zero-order valence-corrected chi connectivity index (χ0v) is 14.1. The molecule has 1 aromatic rings. The summed E-state index contributed by atoms with van der Waals surface area (Å²) in [5, 5.41) is 2.29. The average molecular weight is 348 g/mol. The van der Waals surface area contributed by atoms with Crippen LogP contribution in [0.1, 0.15) is 29.8 Å². The van der Waals surface area contributed by atoms with E-state index in [0.29, 0.717) is 5.75 Å². The Morgan fingerprint density at radius 1 is 1.30 bits per heavy atom. The van der Waals surface area contributed by atoms with Crippen molar-refractivity contribution < 1.29 is 22.8 Å². The molecule has 2 amide bonds. The lowest BCUT2D eigenvalue weighted by molar-refractivity contribution is -0.137. The summed E-state index contributed by atoms with van der Waals surface area (Å²) in [6.45, 7) is 3.01. The van der Waals surface area contributed by atoms with Crippen LogP contribution >= 0.6 is 11.8 Å². The van der Waals surface area contributed by atoms with E-state index in [4.69, 9.17) is 0 Å². The second-order valence-corrected chi connectivity index (χ2v) is 6.11. The minimum absolute atomic E-state index is 0.0541. The third-order valence-corrected chi connectivity index (χ3v) is 4.03. The molecule has 0 spiro atoms. The van der Waals surface area contributed by atoms with Crippen LogP contribution in [0.25, 0.3) is 0 Å². The summed E-state index contributed by atoms with van der Waals surface area (Å²) in [6.07, 6.45) is -2.72. The molecule has 0 aliphatic rings. The summed E-state index contributed by atoms with van der Waals surface area (Å²) in [5.41, 5.74) is -1.14. The first-order chi connectivity index (χ1) is 10.6. The number of carbonyl (C=O) groups excluding carboxylic acids is 2. The van der Waals surface area contributed by atoms with Crippen LogP contribution < -0.4 is 5.32 Å². The van der Waals surface area contributed by atoms with Gasteiger partial charge in [0.25, 0.3) is 5.91 Å². The molecular formula is C15H19F3N2O2S. The van der Waals surface area contributed by atoms with Gasteiger partial charge < -0.3 is 10.2 Å². The predicted octanol–water partition coefficient (Wildman–Crippen LogP) is 3.49. The maximum absolute atomic E-state index is 13.0. The first-order valence-corrected chi connectivity index (χ1v) is 8.21. The van der Waals surface area contributed by atoms with Crippen molar-refractivity contribution in [3.63, 3.8) is 0 Å². The SMILES string of the molecule is CSC[C@H](C)N(C)C(=O)c1cc(NC(C)=O)cc(C(F)(F)F)c1. The smallest absolute Gasteiger partial charge is 0.338 e. The third-order valence-electron chi connectivity index (χ3n) is 3.22. The number of anilines is 1. The van der Waals surface area contributed by atoms with E-state index in [-0.39, 0.29) is 17.3 Å². The van der Waals surface area contributed by atoms with Gasteiger partial charge in [-0.2, -0.15) is 24.9 Å². The van der Waals surface area contributed by atoms with Gasteiger partial charge >= 0.3 is 6.18 Å². The molecule has 0 saturated carbocycles. The van der Waals surface area contributed by atoms with E-state index < -0.39 is 23.6 Å². The molecule has 0 aromatic heterocycles. The summed E-state index contributed by atoms with van der Waals surface area (Å²) in [6, 6.07) is 2.73. The quantitative estimate of drug-likeness (QED) is 0.886. The Morgan fingerprint density at radius 3 is 2.39 bits per heavy atom. The van der Waals surface area contributed by atoms with Gasteiger partial charge in [0.2, 0.25) is 5.91 Å². The topological polar surface area (TPSA) is 49.4 Å². The number of benzene rings is 1. The van der Waals surface area contributed by atoms with Crippen molar-refractivity contribution in [3.05, 3.63) is 29.3 Å². The number of amides is 2. The van der Waals surface area contributed by atoms with Crippen LogP contribution in [-0.4, -0.2) is 41.8 Å². The van der Waals surface area contributed by atoms with Crippen LogP contribution in [0, 0.1) is 0 Å². The Hall–Kier alpha value is -1.70. The number of nitrogens with zero attached hydrogens (tertiary/aromatic N) is 1. The molecule has 0 aliphatic heterocycles. The highest BCUT2D eigenvalue weighted by molar-refractivity contribution is 7.98. The first-order valence-electron chi connectivity index (χ1n) is 6.82. The van der Waals surface area contributed by atoms with Crippen molar-refractivity contribution >= 4 is 29.3 Å². The zero-order valence-electron chi connectivity index (χ0n) is 13.3. The summed E-state index contributed by atoms with van der Waals surface area (Å²) in [5.74, 6) is -0.365. The highest BCUT2D eigenvalue weighted by atomic mass is 32.2. The van der Waals surface area contributed by atoms with E-state index in [2.05, 4.69) is 5.32 Å². The fourth-order valence-corrected chi connectivity index (χ4v) is 2.65. The molecule has 23 heavy (non-hydrogen) atoms. The van der Waals surface area contributed by atoms with Gasteiger partial charge in [0.1, 0.15) is 0 Å². The normalized spacial score (nSPS) is 12.7. The maximum Gasteiger partial charge on any atom is 0.416 e. The van der Waals surface area contributed by atoms with Crippen molar-refractivity contribution in [3.8, 4) is 0 Å². The number of nitrogens with one attached hydrogen (secondary N) is 1. The van der Waals surface area contributed by atoms with Crippen LogP contribution in [0.4, 0.5) is 18.9 Å². The molecule has 0 radical (unpaired) electrons. The number of hydrogen-bond acceptors (Lipinski definition) is 3. The monoisotopic (exact) mass is 348 g/mol. The van der Waals surface area contributed by atoms with Crippen LogP contribution in [0.15, 0.2) is 18.2 Å². The predicted molar refractivity (Wildman–Crippen MR) is 85.7 cm³/mol. The van der Waals surface area contributed by atoms with Crippen molar-refractivity contribution in [2.75, 3.05) is 24.4 Å². The summed E-state index contributed by atoms with van der Waals surface area (Å²) < 4.78 is 39.0. The Morgan fingerprint density at radius 2 is 1.91 bits per heavy atom. The van der Waals surface area contributed by atoms with Crippen LogP contribution in [0.3, 0.4) is 0 Å². The van der Waals surface area contributed by atoms with Crippen molar-refractivity contribution in [1.29, 1.82) is 0 Å². The molecule has 0 heterocycles. The maximum atomic E-state index is 13.0. The van der Waals surface area contributed by atoms with Crippen LogP contribution in [-0.2, 0) is 11.0 Å². The molecule has 0 bridgehead atoms. The van der Waals surface area contributed by atoms with E-state index >= 15 is 0 Å². The fourth-order valence-electron chi connectivity index (χ4n) is 1.95. The molecule has 0 saturated heterocycles. The average Bonchev–Trinajstić information content (AvgIpc) is 2.44. The number of rotatable bonds is 5. The second-order valence-electron chi connectivity index (χ2n) is 5.20. The summed E-state index contributed by atoms with van der Waals surface area (Å²) in [4.78, 5) is 24.9. The Bertz CT molecular complexity index is 591. The number of hydrogen-bond donors (Lipinski definition) is 1. The van der Waals surface area contributed by atoms with E-state index in [1.54, 1.807) is 7.05 Å². The van der Waals surface area contributed by atoms with E-state index in [9.17, 15) is 22.8 Å². The Balaban J connectivity index is 3.23. The molecule has 0 aliphatic carbocycles. The van der Waals surface area contributed by atoms with Gasteiger partial charge in [-0.3, -0.25) is 9.59 Å². The Kier molecular flexibility index (Phi) is 6.49. The number of alkyl halides is 3. The van der Waals surface area contributed by atoms with Gasteiger partial charge in [-0.1, -0.05) is 0 Å². The van der Waals surface area contributed by atoms with Gasteiger partial charge in [-0.05, 0) is 31.4 Å². The van der Waals surface area contributed by atoms with E-state index in [0.717, 1.165) is 12.1 Å². The number of carbonyl (C=O) groups is 2. The standard InChI is InChI=1S/C15H19F3N2O2S/c1-9(8-23-4)20(3)14(22)11-5-12(15(16,17)18)7-13(6-11)19-10(2)21/h5-7,9H,8H2,1-4H3,(H,19,21)/t9-/m0/s1. The summed E-state index contributed by atoms with van der Waals surface area (Å²) in [7, 11) is 1.54. The molecule has 1 aromatic carbocycles. The van der Waals surface area contributed by atoms with Gasteiger partial charge in [0.05, 0.1) is 5.56 Å². The van der Waals surface area contributed by atoms with E-state index in [1.807, 2.05) is 13.2 Å². The first kappa shape index (κ1) is 19.3.